The molecular formula is C8H10ClFN2. The van der Waals surface area contributed by atoms with E-state index in [-0.39, 0.29) is 0 Å². The molecule has 12 heavy (non-hydrogen) atoms. The first kappa shape index (κ1) is 9.29. The van der Waals surface area contributed by atoms with Crippen LogP contribution in [0.5, 0.6) is 0 Å². The van der Waals surface area contributed by atoms with Gasteiger partial charge in [-0.1, -0.05) is 11.6 Å². The van der Waals surface area contributed by atoms with Crippen molar-refractivity contribution in [1.82, 2.24) is 0 Å². The lowest BCUT2D eigenvalue weighted by molar-refractivity contribution is 0.438. The second-order valence-electron chi connectivity index (χ2n) is 2.53. The van der Waals surface area contributed by atoms with Gasteiger partial charge in [-0.15, -0.1) is 0 Å². The van der Waals surface area contributed by atoms with Gasteiger partial charge in [0.2, 0.25) is 0 Å². The Hall–Kier alpha value is -0.800. The summed E-state index contributed by atoms with van der Waals surface area (Å²) >= 11 is 5.68. The Bertz CT molecular complexity index is 278. The van der Waals surface area contributed by atoms with Crippen LogP contribution >= 0.6 is 11.6 Å². The molecule has 0 aromatic heterocycles. The predicted octanol–water partition coefficient (Wildman–Crippen LogP) is 1.89. The first-order chi connectivity index (χ1) is 5.65. The molecule has 0 spiro atoms. The Balaban J connectivity index is 3.04. The van der Waals surface area contributed by atoms with E-state index in [0.717, 1.165) is 0 Å². The van der Waals surface area contributed by atoms with Crippen LogP contribution in [-0.4, -0.2) is 6.67 Å². The van der Waals surface area contributed by atoms with Crippen LogP contribution in [0, 0.1) is 0 Å². The lowest BCUT2D eigenvalue weighted by Crippen LogP contribution is -2.14. The number of anilines is 1. The third kappa shape index (κ3) is 1.87. The SMILES string of the molecule is Nc1ccc(Cl)cc1[C@H](N)CF. The highest BCUT2D eigenvalue weighted by Crippen LogP contribution is 2.22. The fourth-order valence-corrected chi connectivity index (χ4v) is 1.13. The van der Waals surface area contributed by atoms with Crippen molar-refractivity contribution in [1.29, 1.82) is 0 Å². The van der Waals surface area contributed by atoms with Crippen LogP contribution < -0.4 is 11.5 Å². The van der Waals surface area contributed by atoms with Crippen molar-refractivity contribution in [2.24, 2.45) is 5.73 Å². The van der Waals surface area contributed by atoms with Gasteiger partial charge < -0.3 is 11.5 Å². The van der Waals surface area contributed by atoms with Crippen LogP contribution in [0.25, 0.3) is 0 Å². The van der Waals surface area contributed by atoms with Gasteiger partial charge in [-0.2, -0.15) is 0 Å². The molecule has 4 heteroatoms. The summed E-state index contributed by atoms with van der Waals surface area (Å²) in [5.74, 6) is 0. The van der Waals surface area contributed by atoms with Crippen molar-refractivity contribution in [2.75, 3.05) is 12.4 Å². The molecule has 0 saturated heterocycles. The predicted molar refractivity (Wildman–Crippen MR) is 48.8 cm³/mol. The number of nitrogen functional groups attached to an aromatic ring is 1. The van der Waals surface area contributed by atoms with E-state index < -0.39 is 12.7 Å². The Kier molecular flexibility index (Phi) is 2.89. The third-order valence-electron chi connectivity index (χ3n) is 1.61. The van der Waals surface area contributed by atoms with Gasteiger partial charge in [0.25, 0.3) is 0 Å². The smallest absolute Gasteiger partial charge is 0.109 e. The molecule has 1 aromatic carbocycles. The molecule has 0 fully saturated rings. The van der Waals surface area contributed by atoms with E-state index >= 15 is 0 Å². The Morgan fingerprint density at radius 1 is 1.50 bits per heavy atom. The van der Waals surface area contributed by atoms with Crippen molar-refractivity contribution in [3.63, 3.8) is 0 Å². The topological polar surface area (TPSA) is 52.0 Å². The maximum absolute atomic E-state index is 12.2. The fraction of sp³-hybridized carbons (Fsp3) is 0.250. The van der Waals surface area contributed by atoms with Crippen molar-refractivity contribution in [3.8, 4) is 0 Å². The van der Waals surface area contributed by atoms with Crippen LogP contribution in [0.15, 0.2) is 18.2 Å². The van der Waals surface area contributed by atoms with E-state index in [0.29, 0.717) is 16.3 Å². The zero-order valence-corrected chi connectivity index (χ0v) is 7.18. The zero-order valence-electron chi connectivity index (χ0n) is 6.43. The molecule has 0 radical (unpaired) electrons. The minimum absolute atomic E-state index is 0.476. The maximum atomic E-state index is 12.2. The lowest BCUT2D eigenvalue weighted by Gasteiger charge is -2.10. The average Bonchev–Trinajstić information content (AvgIpc) is 2.08. The molecular weight excluding hydrogens is 179 g/mol. The molecule has 1 atom stereocenters. The summed E-state index contributed by atoms with van der Waals surface area (Å²) in [5, 5.41) is 0.517. The normalized spacial score (nSPS) is 12.9. The number of benzene rings is 1. The van der Waals surface area contributed by atoms with Crippen LogP contribution in [-0.2, 0) is 0 Å². The van der Waals surface area contributed by atoms with Gasteiger partial charge in [-0.25, -0.2) is 4.39 Å². The highest BCUT2D eigenvalue weighted by atomic mass is 35.5. The third-order valence-corrected chi connectivity index (χ3v) is 1.85. The Morgan fingerprint density at radius 2 is 2.17 bits per heavy atom. The molecule has 0 aliphatic heterocycles. The minimum atomic E-state index is -0.677. The number of alkyl halides is 1. The van der Waals surface area contributed by atoms with Gasteiger partial charge in [0.05, 0.1) is 6.04 Å². The number of halogens is 2. The van der Waals surface area contributed by atoms with Crippen molar-refractivity contribution in [3.05, 3.63) is 28.8 Å². The quantitative estimate of drug-likeness (QED) is 0.697. The highest BCUT2D eigenvalue weighted by Gasteiger charge is 2.08. The molecule has 0 bridgehead atoms. The van der Waals surface area contributed by atoms with E-state index in [1.54, 1.807) is 18.2 Å². The van der Waals surface area contributed by atoms with Crippen molar-refractivity contribution >= 4 is 17.3 Å². The molecule has 1 rings (SSSR count). The number of nitrogens with two attached hydrogens (primary N) is 2. The highest BCUT2D eigenvalue weighted by molar-refractivity contribution is 6.30. The standard InChI is InChI=1S/C8H10ClFN2/c9-5-1-2-7(11)6(3-5)8(12)4-10/h1-3,8H,4,11-12H2/t8-/m1/s1. The second-order valence-corrected chi connectivity index (χ2v) is 2.97. The molecule has 4 N–H and O–H groups in total. The van der Waals surface area contributed by atoms with Gasteiger partial charge in [-0.05, 0) is 23.8 Å². The summed E-state index contributed by atoms with van der Waals surface area (Å²) in [5.41, 5.74) is 12.0. The molecule has 0 aliphatic carbocycles. The summed E-state index contributed by atoms with van der Waals surface area (Å²) in [6.07, 6.45) is 0. The summed E-state index contributed by atoms with van der Waals surface area (Å²) in [6.45, 7) is -0.634. The molecule has 0 amide bonds. The second kappa shape index (κ2) is 3.74. The van der Waals surface area contributed by atoms with E-state index in [2.05, 4.69) is 0 Å². The van der Waals surface area contributed by atoms with Crippen LogP contribution in [0.2, 0.25) is 5.02 Å². The van der Waals surface area contributed by atoms with E-state index in [4.69, 9.17) is 23.1 Å². The van der Waals surface area contributed by atoms with Crippen LogP contribution in [0.4, 0.5) is 10.1 Å². The minimum Gasteiger partial charge on any atom is -0.398 e. The van der Waals surface area contributed by atoms with Crippen LogP contribution in [0.1, 0.15) is 11.6 Å². The van der Waals surface area contributed by atoms with E-state index in [1.807, 2.05) is 0 Å². The number of hydrogen-bond donors (Lipinski definition) is 2. The monoisotopic (exact) mass is 188 g/mol. The number of rotatable bonds is 2. The molecule has 0 unspecified atom stereocenters. The fourth-order valence-electron chi connectivity index (χ4n) is 0.950. The van der Waals surface area contributed by atoms with Crippen molar-refractivity contribution < 1.29 is 4.39 Å². The first-order valence-electron chi connectivity index (χ1n) is 3.51. The largest absolute Gasteiger partial charge is 0.398 e. The van der Waals surface area contributed by atoms with E-state index in [9.17, 15) is 4.39 Å². The Labute approximate surface area is 75.3 Å². The molecule has 0 saturated carbocycles. The maximum Gasteiger partial charge on any atom is 0.109 e. The van der Waals surface area contributed by atoms with Crippen LogP contribution in [0.3, 0.4) is 0 Å². The summed E-state index contributed by atoms with van der Waals surface area (Å²) in [7, 11) is 0. The summed E-state index contributed by atoms with van der Waals surface area (Å²) in [6, 6.07) is 4.17. The molecule has 2 nitrogen and oxygen atoms in total. The van der Waals surface area contributed by atoms with Gasteiger partial charge in [0.15, 0.2) is 0 Å². The lowest BCUT2D eigenvalue weighted by atomic mass is 10.1. The van der Waals surface area contributed by atoms with Gasteiger partial charge in [-0.3, -0.25) is 0 Å². The zero-order chi connectivity index (χ0) is 9.14. The Morgan fingerprint density at radius 3 is 2.75 bits per heavy atom. The van der Waals surface area contributed by atoms with E-state index in [1.165, 1.54) is 0 Å². The average molecular weight is 189 g/mol. The van der Waals surface area contributed by atoms with Gasteiger partial charge in [0, 0.05) is 10.7 Å². The number of hydrogen-bond acceptors (Lipinski definition) is 2. The van der Waals surface area contributed by atoms with Gasteiger partial charge >= 0.3 is 0 Å². The summed E-state index contributed by atoms with van der Waals surface area (Å²) < 4.78 is 12.2. The summed E-state index contributed by atoms with van der Waals surface area (Å²) in [4.78, 5) is 0. The van der Waals surface area contributed by atoms with Crippen molar-refractivity contribution in [2.45, 2.75) is 6.04 Å². The molecule has 0 aliphatic rings. The van der Waals surface area contributed by atoms with Gasteiger partial charge in [0.1, 0.15) is 6.67 Å². The molecule has 66 valence electrons. The first-order valence-corrected chi connectivity index (χ1v) is 3.89. The molecule has 0 heterocycles. The molecule has 1 aromatic rings.